The van der Waals surface area contributed by atoms with Crippen LogP contribution in [0, 0.1) is 0 Å². The fourth-order valence-electron chi connectivity index (χ4n) is 2.22. The fourth-order valence-corrected chi connectivity index (χ4v) is 2.22. The van der Waals surface area contributed by atoms with E-state index >= 15 is 0 Å². The smallest absolute Gasteiger partial charge is 0.213 e. The highest BCUT2D eigenvalue weighted by Gasteiger charge is 2.13. The Labute approximate surface area is 124 Å². The molecule has 0 saturated carbocycles. The van der Waals surface area contributed by atoms with Crippen molar-refractivity contribution in [2.75, 3.05) is 13.2 Å². The SMILES string of the molecule is CCCOc1ccc(-c2ccc(C3COC=N3)cc2)cn1. The second kappa shape index (κ2) is 6.39. The summed E-state index contributed by atoms with van der Waals surface area (Å²) in [6.07, 6.45) is 4.35. The third kappa shape index (κ3) is 3.21. The average Bonchev–Trinajstić information content (AvgIpc) is 3.08. The van der Waals surface area contributed by atoms with E-state index in [4.69, 9.17) is 9.47 Å². The van der Waals surface area contributed by atoms with Crippen LogP contribution in [-0.4, -0.2) is 24.6 Å². The van der Waals surface area contributed by atoms with Crippen LogP contribution < -0.4 is 4.74 Å². The van der Waals surface area contributed by atoms with Crippen LogP contribution in [0.3, 0.4) is 0 Å². The Balaban J connectivity index is 1.72. The molecule has 1 unspecified atom stereocenters. The van der Waals surface area contributed by atoms with Crippen LogP contribution in [0.25, 0.3) is 11.1 Å². The molecule has 108 valence electrons. The highest BCUT2D eigenvalue weighted by molar-refractivity contribution is 5.63. The molecule has 4 nitrogen and oxygen atoms in total. The lowest BCUT2D eigenvalue weighted by Crippen LogP contribution is -1.97. The lowest BCUT2D eigenvalue weighted by Gasteiger charge is -2.08. The standard InChI is InChI=1S/C17H18N2O2/c1-2-9-21-17-8-7-15(10-18-17)13-3-5-14(6-4-13)16-11-20-12-19-16/h3-8,10,12,16H,2,9,11H2,1H3. The molecule has 21 heavy (non-hydrogen) atoms. The van der Waals surface area contributed by atoms with Gasteiger partial charge in [-0.05, 0) is 23.6 Å². The van der Waals surface area contributed by atoms with E-state index in [0.717, 1.165) is 17.5 Å². The van der Waals surface area contributed by atoms with Crippen LogP contribution in [0.5, 0.6) is 5.88 Å². The van der Waals surface area contributed by atoms with Gasteiger partial charge in [-0.25, -0.2) is 9.98 Å². The summed E-state index contributed by atoms with van der Waals surface area (Å²) in [4.78, 5) is 8.60. The molecule has 0 N–H and O–H groups in total. The Kier molecular flexibility index (Phi) is 4.15. The van der Waals surface area contributed by atoms with Crippen molar-refractivity contribution in [1.29, 1.82) is 0 Å². The van der Waals surface area contributed by atoms with Gasteiger partial charge in [-0.2, -0.15) is 0 Å². The summed E-state index contributed by atoms with van der Waals surface area (Å²) >= 11 is 0. The maximum atomic E-state index is 5.49. The number of aromatic nitrogens is 1. The van der Waals surface area contributed by atoms with Crippen molar-refractivity contribution in [2.24, 2.45) is 4.99 Å². The first-order valence-corrected chi connectivity index (χ1v) is 7.19. The number of pyridine rings is 1. The minimum absolute atomic E-state index is 0.127. The van der Waals surface area contributed by atoms with Crippen LogP contribution in [0.15, 0.2) is 47.6 Å². The second-order valence-corrected chi connectivity index (χ2v) is 4.96. The Morgan fingerprint density at radius 2 is 1.95 bits per heavy atom. The molecule has 1 aliphatic rings. The summed E-state index contributed by atoms with van der Waals surface area (Å²) in [6, 6.07) is 12.4. The number of hydrogen-bond donors (Lipinski definition) is 0. The van der Waals surface area contributed by atoms with Gasteiger partial charge in [0.05, 0.1) is 6.61 Å². The summed E-state index contributed by atoms with van der Waals surface area (Å²) in [5.41, 5.74) is 3.39. The lowest BCUT2D eigenvalue weighted by molar-refractivity contribution is 0.305. The molecule has 2 aromatic rings. The molecule has 4 heteroatoms. The maximum absolute atomic E-state index is 5.49. The third-order valence-corrected chi connectivity index (χ3v) is 3.39. The summed E-state index contributed by atoms with van der Waals surface area (Å²) < 4.78 is 10.6. The number of benzene rings is 1. The Hall–Kier alpha value is -2.36. The van der Waals surface area contributed by atoms with E-state index in [-0.39, 0.29) is 6.04 Å². The largest absolute Gasteiger partial charge is 0.481 e. The van der Waals surface area contributed by atoms with Crippen LogP contribution in [0.1, 0.15) is 24.9 Å². The van der Waals surface area contributed by atoms with Crippen molar-refractivity contribution >= 4 is 6.40 Å². The summed E-state index contributed by atoms with van der Waals surface area (Å²) in [5.74, 6) is 0.676. The first-order chi connectivity index (χ1) is 10.4. The van der Waals surface area contributed by atoms with Gasteiger partial charge in [0, 0.05) is 17.8 Å². The van der Waals surface area contributed by atoms with E-state index in [2.05, 4.69) is 41.2 Å². The van der Waals surface area contributed by atoms with Gasteiger partial charge in [0.2, 0.25) is 5.88 Å². The molecule has 3 rings (SSSR count). The van der Waals surface area contributed by atoms with Crippen molar-refractivity contribution in [3.05, 3.63) is 48.2 Å². The van der Waals surface area contributed by atoms with Crippen LogP contribution in [0.2, 0.25) is 0 Å². The summed E-state index contributed by atoms with van der Waals surface area (Å²) in [5, 5.41) is 0. The summed E-state index contributed by atoms with van der Waals surface area (Å²) in [6.45, 7) is 3.41. The van der Waals surface area contributed by atoms with Gasteiger partial charge in [0.25, 0.3) is 0 Å². The quantitative estimate of drug-likeness (QED) is 0.841. The van der Waals surface area contributed by atoms with E-state index in [9.17, 15) is 0 Å². The van der Waals surface area contributed by atoms with Gasteiger partial charge in [-0.1, -0.05) is 31.2 Å². The van der Waals surface area contributed by atoms with Crippen molar-refractivity contribution < 1.29 is 9.47 Å². The van der Waals surface area contributed by atoms with E-state index in [0.29, 0.717) is 19.1 Å². The molecule has 0 radical (unpaired) electrons. The molecule has 1 aromatic carbocycles. The molecule has 1 aromatic heterocycles. The van der Waals surface area contributed by atoms with Crippen molar-refractivity contribution in [3.8, 4) is 17.0 Å². The van der Waals surface area contributed by atoms with Gasteiger partial charge in [0.15, 0.2) is 6.40 Å². The first kappa shape index (κ1) is 13.6. The lowest BCUT2D eigenvalue weighted by atomic mass is 10.0. The zero-order valence-corrected chi connectivity index (χ0v) is 12.0. The normalized spacial score (nSPS) is 16.7. The summed E-state index contributed by atoms with van der Waals surface area (Å²) in [7, 11) is 0. The monoisotopic (exact) mass is 282 g/mol. The average molecular weight is 282 g/mol. The molecule has 0 fully saturated rings. The molecular weight excluding hydrogens is 264 g/mol. The molecule has 0 amide bonds. The van der Waals surface area contributed by atoms with Gasteiger partial charge in [-0.15, -0.1) is 0 Å². The Morgan fingerprint density at radius 3 is 2.57 bits per heavy atom. The highest BCUT2D eigenvalue weighted by atomic mass is 16.5. The van der Waals surface area contributed by atoms with Crippen molar-refractivity contribution in [3.63, 3.8) is 0 Å². The van der Waals surface area contributed by atoms with Crippen molar-refractivity contribution in [1.82, 2.24) is 4.98 Å². The van der Waals surface area contributed by atoms with E-state index in [1.54, 1.807) is 0 Å². The van der Waals surface area contributed by atoms with Crippen LogP contribution in [-0.2, 0) is 4.74 Å². The van der Waals surface area contributed by atoms with Crippen molar-refractivity contribution in [2.45, 2.75) is 19.4 Å². The molecule has 0 aliphatic carbocycles. The van der Waals surface area contributed by atoms with E-state index in [1.807, 2.05) is 18.3 Å². The molecule has 1 aliphatic heterocycles. The van der Waals surface area contributed by atoms with Crippen LogP contribution >= 0.6 is 0 Å². The zero-order valence-electron chi connectivity index (χ0n) is 12.0. The zero-order chi connectivity index (χ0) is 14.5. The maximum Gasteiger partial charge on any atom is 0.213 e. The molecule has 2 heterocycles. The molecule has 0 bridgehead atoms. The number of aliphatic imine (C=N–C) groups is 1. The number of nitrogens with zero attached hydrogens (tertiary/aromatic N) is 2. The fraction of sp³-hybridized carbons (Fsp3) is 0.294. The Morgan fingerprint density at radius 1 is 1.14 bits per heavy atom. The molecule has 1 atom stereocenters. The van der Waals surface area contributed by atoms with Crippen LogP contribution in [0.4, 0.5) is 0 Å². The van der Waals surface area contributed by atoms with Gasteiger partial charge >= 0.3 is 0 Å². The molecular formula is C17H18N2O2. The van der Waals surface area contributed by atoms with E-state index < -0.39 is 0 Å². The predicted octanol–water partition coefficient (Wildman–Crippen LogP) is 3.64. The Bertz CT molecular complexity index is 606. The highest BCUT2D eigenvalue weighted by Crippen LogP contribution is 2.25. The topological polar surface area (TPSA) is 43.7 Å². The van der Waals surface area contributed by atoms with Gasteiger partial charge < -0.3 is 9.47 Å². The predicted molar refractivity (Wildman–Crippen MR) is 82.6 cm³/mol. The molecule has 0 spiro atoms. The first-order valence-electron chi connectivity index (χ1n) is 7.19. The van der Waals surface area contributed by atoms with E-state index in [1.165, 1.54) is 12.0 Å². The minimum Gasteiger partial charge on any atom is -0.481 e. The second-order valence-electron chi connectivity index (χ2n) is 4.96. The minimum atomic E-state index is 0.127. The number of hydrogen-bond acceptors (Lipinski definition) is 4. The van der Waals surface area contributed by atoms with Gasteiger partial charge in [-0.3, -0.25) is 0 Å². The number of rotatable bonds is 5. The number of ether oxygens (including phenoxy) is 2. The molecule has 0 saturated heterocycles. The third-order valence-electron chi connectivity index (χ3n) is 3.39. The van der Waals surface area contributed by atoms with Gasteiger partial charge in [0.1, 0.15) is 12.6 Å².